The predicted octanol–water partition coefficient (Wildman–Crippen LogP) is 0.579. The summed E-state index contributed by atoms with van der Waals surface area (Å²) in [7, 11) is 0. The maximum atomic E-state index is 11.5. The molecular formula is C11H20N2O3. The number of likely N-dealkylation sites (tertiary alicyclic amines) is 1. The molecule has 5 heteroatoms. The Bertz CT molecular complexity index is 298. The van der Waals surface area contributed by atoms with E-state index in [1.807, 2.05) is 20.8 Å². The van der Waals surface area contributed by atoms with Crippen molar-refractivity contribution in [3.8, 4) is 0 Å². The van der Waals surface area contributed by atoms with Crippen molar-refractivity contribution in [1.29, 1.82) is 0 Å². The third-order valence-corrected chi connectivity index (χ3v) is 3.74. The van der Waals surface area contributed by atoms with Crippen LogP contribution in [0.4, 0.5) is 0 Å². The SMILES string of the molecule is CCC(C)(C)N1CCCC1(C(N)=O)C(=O)O. The number of hydrogen-bond donors (Lipinski definition) is 2. The summed E-state index contributed by atoms with van der Waals surface area (Å²) < 4.78 is 0. The van der Waals surface area contributed by atoms with E-state index in [-0.39, 0.29) is 5.54 Å². The predicted molar refractivity (Wildman–Crippen MR) is 59.9 cm³/mol. The molecule has 0 aliphatic carbocycles. The highest BCUT2D eigenvalue weighted by molar-refractivity contribution is 6.06. The van der Waals surface area contributed by atoms with Crippen LogP contribution >= 0.6 is 0 Å². The molecule has 0 saturated carbocycles. The number of primary amides is 1. The molecule has 5 nitrogen and oxygen atoms in total. The molecule has 1 heterocycles. The first-order valence-electron chi connectivity index (χ1n) is 5.60. The molecule has 0 radical (unpaired) electrons. The first kappa shape index (κ1) is 13.0. The first-order valence-corrected chi connectivity index (χ1v) is 5.60. The number of carbonyl (C=O) groups is 2. The minimum Gasteiger partial charge on any atom is -0.479 e. The van der Waals surface area contributed by atoms with Gasteiger partial charge in [0.2, 0.25) is 5.91 Å². The summed E-state index contributed by atoms with van der Waals surface area (Å²) >= 11 is 0. The molecule has 1 fully saturated rings. The van der Waals surface area contributed by atoms with Crippen LogP contribution in [-0.2, 0) is 9.59 Å². The smallest absolute Gasteiger partial charge is 0.333 e. The van der Waals surface area contributed by atoms with Crippen molar-refractivity contribution in [2.24, 2.45) is 5.73 Å². The molecule has 0 spiro atoms. The van der Waals surface area contributed by atoms with Gasteiger partial charge in [0, 0.05) is 12.1 Å². The summed E-state index contributed by atoms with van der Waals surface area (Å²) in [6.45, 7) is 6.47. The number of hydrogen-bond acceptors (Lipinski definition) is 3. The normalized spacial score (nSPS) is 26.9. The zero-order valence-corrected chi connectivity index (χ0v) is 10.1. The van der Waals surface area contributed by atoms with Crippen LogP contribution in [0.1, 0.15) is 40.0 Å². The van der Waals surface area contributed by atoms with E-state index in [1.54, 1.807) is 4.90 Å². The van der Waals surface area contributed by atoms with Gasteiger partial charge in [-0.05, 0) is 33.1 Å². The minimum absolute atomic E-state index is 0.307. The molecule has 1 aliphatic rings. The fraction of sp³-hybridized carbons (Fsp3) is 0.818. The zero-order chi connectivity index (χ0) is 12.6. The lowest BCUT2D eigenvalue weighted by Crippen LogP contribution is -2.64. The van der Waals surface area contributed by atoms with E-state index < -0.39 is 17.4 Å². The average Bonchev–Trinajstić information content (AvgIpc) is 2.63. The van der Waals surface area contributed by atoms with Gasteiger partial charge >= 0.3 is 5.97 Å². The van der Waals surface area contributed by atoms with Crippen LogP contribution in [0.2, 0.25) is 0 Å². The number of carboxylic acid groups (broad SMARTS) is 1. The van der Waals surface area contributed by atoms with Crippen LogP contribution in [0, 0.1) is 0 Å². The van der Waals surface area contributed by atoms with E-state index in [0.29, 0.717) is 19.4 Å². The molecule has 0 aromatic carbocycles. The van der Waals surface area contributed by atoms with Crippen molar-refractivity contribution in [3.05, 3.63) is 0 Å². The molecule has 1 rings (SSSR count). The minimum atomic E-state index is -1.51. The number of carbonyl (C=O) groups excluding carboxylic acids is 1. The molecule has 3 N–H and O–H groups in total. The lowest BCUT2D eigenvalue weighted by atomic mass is 9.89. The fourth-order valence-electron chi connectivity index (χ4n) is 2.41. The van der Waals surface area contributed by atoms with Crippen molar-refractivity contribution >= 4 is 11.9 Å². The summed E-state index contributed by atoms with van der Waals surface area (Å²) in [6, 6.07) is 0. The maximum absolute atomic E-state index is 11.5. The Hall–Kier alpha value is -1.10. The Labute approximate surface area is 95.6 Å². The molecule has 1 amide bonds. The fourth-order valence-corrected chi connectivity index (χ4v) is 2.41. The monoisotopic (exact) mass is 228 g/mol. The largest absolute Gasteiger partial charge is 0.479 e. The molecule has 0 aromatic heterocycles. The third-order valence-electron chi connectivity index (χ3n) is 3.74. The van der Waals surface area contributed by atoms with Crippen LogP contribution in [0.25, 0.3) is 0 Å². The molecule has 0 bridgehead atoms. The van der Waals surface area contributed by atoms with E-state index in [9.17, 15) is 14.7 Å². The van der Waals surface area contributed by atoms with E-state index in [4.69, 9.17) is 5.73 Å². The van der Waals surface area contributed by atoms with Crippen molar-refractivity contribution < 1.29 is 14.7 Å². The van der Waals surface area contributed by atoms with Crippen LogP contribution < -0.4 is 5.73 Å². The van der Waals surface area contributed by atoms with Crippen LogP contribution in [0.3, 0.4) is 0 Å². The van der Waals surface area contributed by atoms with Crippen LogP contribution in [0.15, 0.2) is 0 Å². The zero-order valence-electron chi connectivity index (χ0n) is 10.1. The summed E-state index contributed by atoms with van der Waals surface area (Å²) in [4.78, 5) is 24.7. The van der Waals surface area contributed by atoms with Crippen molar-refractivity contribution in [3.63, 3.8) is 0 Å². The van der Waals surface area contributed by atoms with Gasteiger partial charge < -0.3 is 10.8 Å². The quantitative estimate of drug-likeness (QED) is 0.689. The molecule has 92 valence electrons. The topological polar surface area (TPSA) is 83.6 Å². The Morgan fingerprint density at radius 2 is 2.06 bits per heavy atom. The highest BCUT2D eigenvalue weighted by atomic mass is 16.4. The van der Waals surface area contributed by atoms with Crippen molar-refractivity contribution in [2.45, 2.75) is 51.1 Å². The molecule has 1 unspecified atom stereocenters. The van der Waals surface area contributed by atoms with Crippen LogP contribution in [0.5, 0.6) is 0 Å². The Morgan fingerprint density at radius 1 is 1.50 bits per heavy atom. The van der Waals surface area contributed by atoms with Crippen molar-refractivity contribution in [1.82, 2.24) is 4.90 Å². The lowest BCUT2D eigenvalue weighted by molar-refractivity contribution is -0.159. The van der Waals surface area contributed by atoms with Crippen LogP contribution in [-0.4, -0.2) is 39.5 Å². The van der Waals surface area contributed by atoms with Gasteiger partial charge in [-0.15, -0.1) is 0 Å². The second-order valence-electron chi connectivity index (χ2n) is 4.95. The van der Waals surface area contributed by atoms with E-state index in [2.05, 4.69) is 0 Å². The highest BCUT2D eigenvalue weighted by Crippen LogP contribution is 2.37. The van der Waals surface area contributed by atoms with Gasteiger partial charge in [-0.2, -0.15) is 0 Å². The average molecular weight is 228 g/mol. The molecule has 0 aromatic rings. The van der Waals surface area contributed by atoms with Gasteiger partial charge in [0.15, 0.2) is 5.54 Å². The van der Waals surface area contributed by atoms with Crippen molar-refractivity contribution in [2.75, 3.05) is 6.54 Å². The third kappa shape index (κ3) is 1.69. The number of nitrogens with two attached hydrogens (primary N) is 1. The number of nitrogens with zero attached hydrogens (tertiary/aromatic N) is 1. The summed E-state index contributed by atoms with van der Waals surface area (Å²) in [5.41, 5.74) is 3.47. The summed E-state index contributed by atoms with van der Waals surface area (Å²) in [6.07, 6.45) is 1.77. The number of carboxylic acids is 1. The van der Waals surface area contributed by atoms with Gasteiger partial charge in [-0.25, -0.2) is 4.79 Å². The Kier molecular flexibility index (Phi) is 3.28. The molecular weight excluding hydrogens is 208 g/mol. The van der Waals surface area contributed by atoms with E-state index in [1.165, 1.54) is 0 Å². The van der Waals surface area contributed by atoms with Gasteiger partial charge in [0.1, 0.15) is 0 Å². The highest BCUT2D eigenvalue weighted by Gasteiger charge is 2.56. The second-order valence-corrected chi connectivity index (χ2v) is 4.95. The van der Waals surface area contributed by atoms with Gasteiger partial charge in [0.25, 0.3) is 0 Å². The van der Waals surface area contributed by atoms with E-state index in [0.717, 1.165) is 6.42 Å². The van der Waals surface area contributed by atoms with Gasteiger partial charge in [0.05, 0.1) is 0 Å². The maximum Gasteiger partial charge on any atom is 0.333 e. The standard InChI is InChI=1S/C11H20N2O3/c1-4-10(2,3)13-7-5-6-11(13,8(12)14)9(15)16/h4-7H2,1-3H3,(H2,12,14)(H,15,16). The first-order chi connectivity index (χ1) is 7.29. The number of aliphatic carboxylic acids is 1. The summed E-state index contributed by atoms with van der Waals surface area (Å²) in [5.74, 6) is -1.88. The second kappa shape index (κ2) is 4.05. The number of rotatable bonds is 4. The Balaban J connectivity index is 3.19. The van der Waals surface area contributed by atoms with Gasteiger partial charge in [-0.3, -0.25) is 9.69 Å². The Morgan fingerprint density at radius 3 is 2.44 bits per heavy atom. The molecule has 16 heavy (non-hydrogen) atoms. The number of amides is 1. The lowest BCUT2D eigenvalue weighted by Gasteiger charge is -2.43. The van der Waals surface area contributed by atoms with E-state index >= 15 is 0 Å². The van der Waals surface area contributed by atoms with Gasteiger partial charge in [-0.1, -0.05) is 6.92 Å². The molecule has 1 aliphatic heterocycles. The molecule has 1 atom stereocenters. The summed E-state index contributed by atoms with van der Waals surface area (Å²) in [5, 5.41) is 9.32. The molecule has 1 saturated heterocycles.